The second kappa shape index (κ2) is 8.13. The summed E-state index contributed by atoms with van der Waals surface area (Å²) in [6.45, 7) is 0. The predicted octanol–water partition coefficient (Wildman–Crippen LogP) is 2.44. The van der Waals surface area contributed by atoms with E-state index < -0.39 is 5.97 Å². The van der Waals surface area contributed by atoms with Crippen LogP contribution in [0.1, 0.15) is 5.56 Å². The van der Waals surface area contributed by atoms with Crippen molar-refractivity contribution in [2.75, 3.05) is 0 Å². The zero-order chi connectivity index (χ0) is 10.2. The minimum absolute atomic E-state index is 0. The zero-order valence-electron chi connectivity index (χ0n) is 8.11. The molecule has 0 atom stereocenters. The molecule has 0 heterocycles. The maximum atomic E-state index is 10.1. The largest absolute Gasteiger partial charge is 0.748 e. The second-order valence-electron chi connectivity index (χ2n) is 2.83. The first-order chi connectivity index (χ1) is 6.79. The molecule has 0 aromatic heterocycles. The van der Waals surface area contributed by atoms with Crippen LogP contribution in [0.15, 0.2) is 54.6 Å². The summed E-state index contributed by atoms with van der Waals surface area (Å²) >= 11 is 0. The first-order valence-electron chi connectivity index (χ1n) is 4.38. The molecule has 3 heteroatoms. The van der Waals surface area contributed by atoms with E-state index in [4.69, 9.17) is 5.11 Å². The van der Waals surface area contributed by atoms with Crippen LogP contribution >= 0.6 is 0 Å². The third-order valence-electron chi connectivity index (χ3n) is 1.64. The molecule has 0 aliphatic rings. The zero-order valence-corrected chi connectivity index (χ0v) is 9.85. The first kappa shape index (κ1) is 13.8. The monoisotopic (exact) mass is 290 g/mol. The predicted molar refractivity (Wildman–Crippen MR) is 55.4 cm³/mol. The van der Waals surface area contributed by atoms with Gasteiger partial charge in [-0.05, 0) is 0 Å². The van der Waals surface area contributed by atoms with Gasteiger partial charge in [-0.3, -0.25) is 4.79 Å². The molecular weight excluding hydrogens is 277 g/mol. The average molecular weight is 289 g/mol. The van der Waals surface area contributed by atoms with Crippen LogP contribution in [-0.2, 0) is 30.7 Å². The normalized spacial score (nSPS) is 8.27. The van der Waals surface area contributed by atoms with Gasteiger partial charge in [0.05, 0.1) is 0 Å². The molecule has 0 saturated carbocycles. The topological polar surface area (TPSA) is 37.3 Å². The van der Waals surface area contributed by atoms with E-state index in [2.05, 4.69) is 0 Å². The molecule has 0 saturated heterocycles. The average Bonchev–Trinajstić information content (AvgIpc) is 2.75. The molecule has 0 fully saturated rings. The molecule has 0 bridgehead atoms. The van der Waals surface area contributed by atoms with Gasteiger partial charge in [0, 0.05) is 25.9 Å². The molecule has 0 amide bonds. The first-order valence-corrected chi connectivity index (χ1v) is 4.38. The molecule has 2 aromatic carbocycles. The Morgan fingerprint density at radius 3 is 1.80 bits per heavy atom. The molecule has 86 valence electrons. The van der Waals surface area contributed by atoms with Gasteiger partial charge in [0.1, 0.15) is 0 Å². The van der Waals surface area contributed by atoms with E-state index in [1.165, 1.54) is 0 Å². The van der Waals surface area contributed by atoms with Crippen LogP contribution in [0.25, 0.3) is 0 Å². The van der Waals surface area contributed by atoms with Gasteiger partial charge in [0.25, 0.3) is 5.97 Å². The van der Waals surface area contributed by atoms with Gasteiger partial charge in [-0.2, -0.15) is 12.1 Å². The number of rotatable bonds is 2. The number of hydrogen-bond donors (Lipinski definition) is 1. The van der Waals surface area contributed by atoms with Crippen molar-refractivity contribution >= 4 is 5.97 Å². The summed E-state index contributed by atoms with van der Waals surface area (Å²) in [5.41, 5.74) is 0.863. The van der Waals surface area contributed by atoms with Crippen molar-refractivity contribution in [3.8, 4) is 0 Å². The van der Waals surface area contributed by atoms with Gasteiger partial charge in [0.2, 0.25) is 0 Å². The molecular formula is C12H12O2Ru-6. The van der Waals surface area contributed by atoms with E-state index in [9.17, 15) is 4.79 Å². The van der Waals surface area contributed by atoms with Gasteiger partial charge >= 0.3 is 0 Å². The fourth-order valence-electron chi connectivity index (χ4n) is 1.03. The number of hydrogen-bond acceptors (Lipinski definition) is 1. The number of carbonyl (C=O) groups is 1. The van der Waals surface area contributed by atoms with Crippen molar-refractivity contribution in [3.05, 3.63) is 60.2 Å². The van der Waals surface area contributed by atoms with E-state index >= 15 is 0 Å². The fourth-order valence-corrected chi connectivity index (χ4v) is 1.03. The van der Waals surface area contributed by atoms with Crippen LogP contribution in [0.3, 0.4) is 0 Å². The molecule has 0 unspecified atom stereocenters. The summed E-state index contributed by atoms with van der Waals surface area (Å²) in [5.74, 6) is -0.777. The smallest absolute Gasteiger partial charge is 0.296 e. The second-order valence-corrected chi connectivity index (χ2v) is 2.83. The fraction of sp³-hybridized carbons (Fsp3) is 0.0833. The summed E-state index contributed by atoms with van der Waals surface area (Å²) in [5, 5.41) is 8.29. The quantitative estimate of drug-likeness (QED) is 0.681. The van der Waals surface area contributed by atoms with E-state index in [1.807, 2.05) is 42.5 Å². The van der Waals surface area contributed by atoms with Crippen LogP contribution in [-0.4, -0.2) is 11.1 Å². The summed E-state index contributed by atoms with van der Waals surface area (Å²) in [7, 11) is 0. The molecule has 2 nitrogen and oxygen atoms in total. The summed E-state index contributed by atoms with van der Waals surface area (Å²) in [4.78, 5) is 10.1. The molecule has 0 aliphatic heterocycles. The SMILES string of the molecule is O=C(O)C[c-]1cccc1.[Ru].[cH-]1[cH-][cH-][cH-][cH-]1. The Hall–Kier alpha value is -1.21. The van der Waals surface area contributed by atoms with Crippen molar-refractivity contribution < 1.29 is 29.4 Å². The van der Waals surface area contributed by atoms with Crippen LogP contribution < -0.4 is 0 Å². The van der Waals surface area contributed by atoms with Crippen LogP contribution in [0.5, 0.6) is 0 Å². The minimum atomic E-state index is -0.777. The Morgan fingerprint density at radius 2 is 1.47 bits per heavy atom. The van der Waals surface area contributed by atoms with Crippen molar-refractivity contribution in [2.24, 2.45) is 0 Å². The number of aliphatic carboxylic acids is 1. The van der Waals surface area contributed by atoms with E-state index in [0.717, 1.165) is 5.56 Å². The van der Waals surface area contributed by atoms with E-state index in [1.54, 1.807) is 12.1 Å². The van der Waals surface area contributed by atoms with Crippen molar-refractivity contribution in [2.45, 2.75) is 6.42 Å². The van der Waals surface area contributed by atoms with Gasteiger partial charge in [-0.25, -0.2) is 12.1 Å². The van der Waals surface area contributed by atoms with Crippen molar-refractivity contribution in [1.29, 1.82) is 0 Å². The molecule has 15 heavy (non-hydrogen) atoms. The van der Waals surface area contributed by atoms with Gasteiger partial charge in [-0.1, -0.05) is 0 Å². The van der Waals surface area contributed by atoms with Crippen LogP contribution in [0, 0.1) is 0 Å². The van der Waals surface area contributed by atoms with Gasteiger partial charge in [-0.15, -0.1) is 5.56 Å². The third kappa shape index (κ3) is 6.81. The van der Waals surface area contributed by atoms with Gasteiger partial charge < -0.3 is 35.4 Å². The molecule has 2 aromatic rings. The number of carboxylic acids is 1. The van der Waals surface area contributed by atoms with Crippen molar-refractivity contribution in [1.82, 2.24) is 0 Å². The molecule has 0 radical (unpaired) electrons. The third-order valence-corrected chi connectivity index (χ3v) is 1.64. The van der Waals surface area contributed by atoms with Gasteiger partial charge in [0.15, 0.2) is 0 Å². The summed E-state index contributed by atoms with van der Waals surface area (Å²) < 4.78 is 0. The minimum Gasteiger partial charge on any atom is -0.748 e. The Bertz CT molecular complexity index is 318. The molecule has 0 aliphatic carbocycles. The number of carboxylic acid groups (broad SMARTS) is 1. The Morgan fingerprint density at radius 1 is 1.07 bits per heavy atom. The van der Waals surface area contributed by atoms with Crippen molar-refractivity contribution in [3.63, 3.8) is 0 Å². The molecule has 0 spiro atoms. The maximum Gasteiger partial charge on any atom is 0.296 e. The van der Waals surface area contributed by atoms with E-state index in [-0.39, 0.29) is 25.9 Å². The Labute approximate surface area is 102 Å². The standard InChI is InChI=1S/C7H7O2.C5H5.Ru/c8-7(9)5-6-3-1-2-4-6;1-2-4-5-3-1;/h1-4H,5H2,(H,8,9);1-5H;/q-1;-5;. The summed E-state index contributed by atoms with van der Waals surface area (Å²) in [6.07, 6.45) is 0.132. The maximum absolute atomic E-state index is 10.1. The molecule has 1 N–H and O–H groups in total. The Kier molecular flexibility index (Phi) is 7.48. The van der Waals surface area contributed by atoms with Crippen LogP contribution in [0.2, 0.25) is 0 Å². The molecule has 2 rings (SSSR count). The Balaban J connectivity index is 0.000000280. The van der Waals surface area contributed by atoms with Crippen LogP contribution in [0.4, 0.5) is 0 Å². The van der Waals surface area contributed by atoms with E-state index in [0.29, 0.717) is 0 Å². The summed E-state index contributed by atoms with van der Waals surface area (Å²) in [6, 6.07) is 17.3.